The van der Waals surface area contributed by atoms with Crippen LogP contribution in [0.1, 0.15) is 62.9 Å². The van der Waals surface area contributed by atoms with Crippen LogP contribution in [0.3, 0.4) is 0 Å². The molecule has 0 aromatic heterocycles. The molecule has 2 atom stereocenters. The maximum absolute atomic E-state index is 13.0. The van der Waals surface area contributed by atoms with E-state index < -0.39 is 16.1 Å². The highest BCUT2D eigenvalue weighted by molar-refractivity contribution is 7.92. The number of anilines is 1. The van der Waals surface area contributed by atoms with Crippen LogP contribution >= 0.6 is 0 Å². The summed E-state index contributed by atoms with van der Waals surface area (Å²) in [6, 6.07) is 12.6. The van der Waals surface area contributed by atoms with Gasteiger partial charge < -0.3 is 5.32 Å². The maximum atomic E-state index is 13.0. The first-order valence-corrected chi connectivity index (χ1v) is 12.0. The lowest BCUT2D eigenvalue weighted by molar-refractivity contribution is -0.122. The molecule has 2 aromatic carbocycles. The molecule has 0 aliphatic heterocycles. The molecular formula is C24H34N2O3S. The van der Waals surface area contributed by atoms with E-state index in [0.29, 0.717) is 5.69 Å². The number of hydrogen-bond acceptors (Lipinski definition) is 3. The van der Waals surface area contributed by atoms with E-state index in [1.807, 2.05) is 39.0 Å². The monoisotopic (exact) mass is 430 g/mol. The number of benzene rings is 2. The fraction of sp³-hybridized carbons (Fsp3) is 0.458. The van der Waals surface area contributed by atoms with Crippen LogP contribution in [0.5, 0.6) is 0 Å². The van der Waals surface area contributed by atoms with Gasteiger partial charge in [0.05, 0.1) is 18.0 Å². The Balaban J connectivity index is 2.25. The lowest BCUT2D eigenvalue weighted by Crippen LogP contribution is -2.48. The lowest BCUT2D eigenvalue weighted by atomic mass is 9.86. The highest BCUT2D eigenvalue weighted by atomic mass is 32.2. The third-order valence-corrected chi connectivity index (χ3v) is 6.43. The average Bonchev–Trinajstić information content (AvgIpc) is 2.59. The molecule has 5 nitrogen and oxygen atoms in total. The minimum atomic E-state index is -3.65. The van der Waals surface area contributed by atoms with Gasteiger partial charge in [0.2, 0.25) is 15.9 Å². The summed E-state index contributed by atoms with van der Waals surface area (Å²) in [4.78, 5) is 13.0. The SMILES string of the molecule is Cc1cc(C)cc(N(C(C)C(=O)NC(C)c2ccc(C(C)(C)C)cc2)S(C)(=O)=O)c1. The number of amides is 1. The lowest BCUT2D eigenvalue weighted by Gasteiger charge is -2.30. The second-order valence-electron chi connectivity index (χ2n) is 9.18. The van der Waals surface area contributed by atoms with Gasteiger partial charge in [0, 0.05) is 0 Å². The van der Waals surface area contributed by atoms with Crippen molar-refractivity contribution in [2.45, 2.75) is 66.0 Å². The summed E-state index contributed by atoms with van der Waals surface area (Å²) in [5.74, 6) is -0.341. The largest absolute Gasteiger partial charge is 0.348 e. The smallest absolute Gasteiger partial charge is 0.244 e. The van der Waals surface area contributed by atoms with E-state index in [9.17, 15) is 13.2 Å². The van der Waals surface area contributed by atoms with Gasteiger partial charge in [-0.25, -0.2) is 8.42 Å². The van der Waals surface area contributed by atoms with Crippen LogP contribution in [0.15, 0.2) is 42.5 Å². The molecule has 2 unspecified atom stereocenters. The molecule has 2 aromatic rings. The Labute approximate surface area is 181 Å². The summed E-state index contributed by atoms with van der Waals surface area (Å²) in [5.41, 5.74) is 4.63. The number of nitrogens with one attached hydrogen (secondary N) is 1. The molecule has 0 saturated carbocycles. The molecule has 0 radical (unpaired) electrons. The van der Waals surface area contributed by atoms with Crippen LogP contribution in [0.2, 0.25) is 0 Å². The Morgan fingerprint density at radius 2 is 1.47 bits per heavy atom. The molecule has 0 aliphatic carbocycles. The normalized spacial score (nSPS) is 14.1. The van der Waals surface area contributed by atoms with E-state index in [0.717, 1.165) is 22.9 Å². The predicted molar refractivity (Wildman–Crippen MR) is 124 cm³/mol. The van der Waals surface area contributed by atoms with Crippen LogP contribution in [-0.4, -0.2) is 26.6 Å². The second kappa shape index (κ2) is 8.80. The van der Waals surface area contributed by atoms with Crippen LogP contribution in [0.4, 0.5) is 5.69 Å². The molecule has 0 fully saturated rings. The minimum absolute atomic E-state index is 0.0570. The first kappa shape index (κ1) is 23.9. The van der Waals surface area contributed by atoms with E-state index in [2.05, 4.69) is 38.2 Å². The summed E-state index contributed by atoms with van der Waals surface area (Å²) in [6.07, 6.45) is 1.13. The molecule has 0 bridgehead atoms. The van der Waals surface area contributed by atoms with E-state index in [4.69, 9.17) is 0 Å². The van der Waals surface area contributed by atoms with E-state index in [1.54, 1.807) is 19.1 Å². The van der Waals surface area contributed by atoms with Crippen LogP contribution in [0, 0.1) is 13.8 Å². The molecule has 0 aliphatic rings. The van der Waals surface area contributed by atoms with Crippen molar-refractivity contribution in [2.24, 2.45) is 0 Å². The molecule has 1 N–H and O–H groups in total. The Hall–Kier alpha value is -2.34. The molecule has 2 rings (SSSR count). The predicted octanol–water partition coefficient (Wildman–Crippen LogP) is 4.63. The van der Waals surface area contributed by atoms with Gasteiger partial charge in [-0.15, -0.1) is 0 Å². The number of sulfonamides is 1. The van der Waals surface area contributed by atoms with E-state index in [-0.39, 0.29) is 17.4 Å². The van der Waals surface area contributed by atoms with Gasteiger partial charge in [0.1, 0.15) is 6.04 Å². The highest BCUT2D eigenvalue weighted by Crippen LogP contribution is 2.26. The molecule has 0 saturated heterocycles. The summed E-state index contributed by atoms with van der Waals surface area (Å²) in [6.45, 7) is 13.8. The minimum Gasteiger partial charge on any atom is -0.348 e. The fourth-order valence-electron chi connectivity index (χ4n) is 3.58. The molecule has 0 spiro atoms. The summed E-state index contributed by atoms with van der Waals surface area (Å²) in [5, 5.41) is 2.96. The summed E-state index contributed by atoms with van der Waals surface area (Å²) in [7, 11) is -3.65. The van der Waals surface area contributed by atoms with Crippen LogP contribution < -0.4 is 9.62 Å². The van der Waals surface area contributed by atoms with Crippen molar-refractivity contribution >= 4 is 21.6 Å². The van der Waals surface area contributed by atoms with Crippen LogP contribution in [-0.2, 0) is 20.2 Å². The van der Waals surface area contributed by atoms with Gasteiger partial charge in [-0.05, 0) is 67.5 Å². The van der Waals surface area contributed by atoms with Crippen molar-refractivity contribution < 1.29 is 13.2 Å². The summed E-state index contributed by atoms with van der Waals surface area (Å²) >= 11 is 0. The van der Waals surface area contributed by atoms with Gasteiger partial charge in [0.15, 0.2) is 0 Å². The Morgan fingerprint density at radius 3 is 1.90 bits per heavy atom. The summed E-state index contributed by atoms with van der Waals surface area (Å²) < 4.78 is 26.3. The zero-order chi connectivity index (χ0) is 22.9. The van der Waals surface area contributed by atoms with E-state index >= 15 is 0 Å². The topological polar surface area (TPSA) is 66.5 Å². The van der Waals surface area contributed by atoms with E-state index in [1.165, 1.54) is 9.87 Å². The second-order valence-corrected chi connectivity index (χ2v) is 11.0. The number of carbonyl (C=O) groups excluding carboxylic acids is 1. The van der Waals surface area contributed by atoms with Gasteiger partial charge in [-0.2, -0.15) is 0 Å². The molecule has 0 heterocycles. The van der Waals surface area contributed by atoms with Crippen molar-refractivity contribution in [3.8, 4) is 0 Å². The third kappa shape index (κ3) is 5.85. The molecule has 164 valence electrons. The first-order valence-electron chi connectivity index (χ1n) is 10.2. The van der Waals surface area contributed by atoms with Gasteiger partial charge in [-0.3, -0.25) is 9.10 Å². The number of carbonyl (C=O) groups is 1. The number of aryl methyl sites for hydroxylation is 2. The highest BCUT2D eigenvalue weighted by Gasteiger charge is 2.30. The number of hydrogen-bond donors (Lipinski definition) is 1. The maximum Gasteiger partial charge on any atom is 0.244 e. The van der Waals surface area contributed by atoms with Crippen molar-refractivity contribution in [3.05, 3.63) is 64.7 Å². The molecule has 1 amide bonds. The number of rotatable bonds is 6. The zero-order valence-electron chi connectivity index (χ0n) is 19.3. The Bertz CT molecular complexity index is 985. The van der Waals surface area contributed by atoms with Crippen molar-refractivity contribution in [2.75, 3.05) is 10.6 Å². The van der Waals surface area contributed by atoms with Gasteiger partial charge in [0.25, 0.3) is 0 Å². The van der Waals surface area contributed by atoms with Crippen molar-refractivity contribution in [1.29, 1.82) is 0 Å². The zero-order valence-corrected chi connectivity index (χ0v) is 20.1. The molecule has 30 heavy (non-hydrogen) atoms. The van der Waals surface area contributed by atoms with Gasteiger partial charge in [-0.1, -0.05) is 51.1 Å². The standard InChI is InChI=1S/C24H34N2O3S/c1-16-13-17(2)15-22(14-16)26(30(8,28)29)19(4)23(27)25-18(3)20-9-11-21(12-10-20)24(5,6)7/h9-15,18-19H,1-8H3,(H,25,27). The van der Waals surface area contributed by atoms with Crippen LogP contribution in [0.25, 0.3) is 0 Å². The first-order chi connectivity index (χ1) is 13.7. The molecular weight excluding hydrogens is 396 g/mol. The average molecular weight is 431 g/mol. The fourth-order valence-corrected chi connectivity index (χ4v) is 4.73. The Morgan fingerprint density at radius 1 is 0.967 bits per heavy atom. The van der Waals surface area contributed by atoms with Crippen molar-refractivity contribution in [1.82, 2.24) is 5.32 Å². The molecule has 6 heteroatoms. The van der Waals surface area contributed by atoms with Gasteiger partial charge >= 0.3 is 0 Å². The third-order valence-electron chi connectivity index (χ3n) is 5.18. The van der Waals surface area contributed by atoms with Crippen molar-refractivity contribution in [3.63, 3.8) is 0 Å². The quantitative estimate of drug-likeness (QED) is 0.726. The number of nitrogens with zero attached hydrogens (tertiary/aromatic N) is 1. The Kier molecular flexibility index (Phi) is 7.02.